The van der Waals surface area contributed by atoms with Crippen molar-refractivity contribution in [2.24, 2.45) is 10.7 Å². The van der Waals surface area contributed by atoms with Gasteiger partial charge in [0.05, 0.1) is 5.56 Å². The van der Waals surface area contributed by atoms with Gasteiger partial charge in [0.1, 0.15) is 5.69 Å². The van der Waals surface area contributed by atoms with Crippen LogP contribution < -0.4 is 11.1 Å². The molecule has 1 heterocycles. The van der Waals surface area contributed by atoms with Crippen molar-refractivity contribution in [3.05, 3.63) is 35.5 Å². The van der Waals surface area contributed by atoms with Gasteiger partial charge in [-0.25, -0.2) is 0 Å². The first-order chi connectivity index (χ1) is 9.32. The summed E-state index contributed by atoms with van der Waals surface area (Å²) in [6.45, 7) is 0. The molecule has 0 aliphatic carbocycles. The van der Waals surface area contributed by atoms with Gasteiger partial charge in [0, 0.05) is 18.0 Å². The maximum atomic E-state index is 12.8. The number of aliphatic imine (C=N–C) groups is 1. The lowest BCUT2D eigenvalue weighted by Crippen LogP contribution is -2.36. The number of nitrogens with zero attached hydrogens (tertiary/aromatic N) is 1. The predicted octanol–water partition coefficient (Wildman–Crippen LogP) is 2.70. The highest BCUT2D eigenvalue weighted by Gasteiger charge is 2.33. The summed E-state index contributed by atoms with van der Waals surface area (Å²) in [5, 5.41) is 2.17. The summed E-state index contributed by atoms with van der Waals surface area (Å²) in [5.74, 6) is -0.776. The number of nitrogens with two attached hydrogens (primary N) is 1. The Morgan fingerprint density at radius 2 is 1.95 bits per heavy atom. The number of guanidine groups is 1. The van der Waals surface area contributed by atoms with Crippen molar-refractivity contribution in [3.8, 4) is 0 Å². The third-order valence-corrected chi connectivity index (χ3v) is 2.70. The Morgan fingerprint density at radius 1 is 1.32 bits per heavy atom. The number of alkyl halides is 3. The Labute approximate surface area is 136 Å². The van der Waals surface area contributed by atoms with E-state index < -0.39 is 17.6 Å². The topological polar surface area (TPSA) is 83.3 Å². The largest absolute Gasteiger partial charge is 0.417 e. The van der Waals surface area contributed by atoms with E-state index in [4.69, 9.17) is 5.73 Å². The van der Waals surface area contributed by atoms with E-state index in [0.717, 1.165) is 12.1 Å². The van der Waals surface area contributed by atoms with E-state index in [1.54, 1.807) is 0 Å². The van der Waals surface area contributed by atoms with Crippen LogP contribution in [0.25, 0.3) is 10.9 Å². The van der Waals surface area contributed by atoms with Crippen molar-refractivity contribution < 1.29 is 18.0 Å². The van der Waals surface area contributed by atoms with Crippen LogP contribution in [-0.4, -0.2) is 23.9 Å². The van der Waals surface area contributed by atoms with E-state index in [-0.39, 0.29) is 47.4 Å². The molecule has 0 saturated heterocycles. The first kappa shape index (κ1) is 20.1. The zero-order chi connectivity index (χ0) is 14.9. The Balaban J connectivity index is 0.00000220. The van der Waals surface area contributed by atoms with E-state index in [1.807, 2.05) is 0 Å². The van der Waals surface area contributed by atoms with Gasteiger partial charge < -0.3 is 10.7 Å². The number of hydrogen-bond acceptors (Lipinski definition) is 2. The van der Waals surface area contributed by atoms with E-state index in [9.17, 15) is 18.0 Å². The van der Waals surface area contributed by atoms with Gasteiger partial charge in [-0.3, -0.25) is 15.1 Å². The molecule has 122 valence electrons. The number of rotatable bonds is 1. The molecular weight excluding hydrogens is 344 g/mol. The third-order valence-electron chi connectivity index (χ3n) is 2.70. The Morgan fingerprint density at radius 3 is 2.50 bits per heavy atom. The zero-order valence-electron chi connectivity index (χ0n) is 11.2. The van der Waals surface area contributed by atoms with Crippen LogP contribution in [0, 0.1) is 0 Å². The summed E-state index contributed by atoms with van der Waals surface area (Å²) in [4.78, 5) is 17.9. The fraction of sp³-hybridized carbons (Fsp3) is 0.167. The normalized spacial score (nSPS) is 11.5. The molecule has 0 fully saturated rings. The number of aromatic amines is 1. The number of H-pyrrole nitrogens is 1. The molecule has 1 aromatic carbocycles. The molecule has 0 spiro atoms. The molecule has 0 aliphatic heterocycles. The number of amides is 1. The lowest BCUT2D eigenvalue weighted by Gasteiger charge is -2.06. The summed E-state index contributed by atoms with van der Waals surface area (Å²) >= 11 is 0. The van der Waals surface area contributed by atoms with Gasteiger partial charge in [0.2, 0.25) is 0 Å². The van der Waals surface area contributed by atoms with E-state index in [2.05, 4.69) is 15.3 Å². The summed E-state index contributed by atoms with van der Waals surface area (Å²) in [7, 11) is 1.38. The van der Waals surface area contributed by atoms with Gasteiger partial charge in [-0.2, -0.15) is 13.2 Å². The molecule has 10 heteroatoms. The minimum absolute atomic E-state index is 0. The van der Waals surface area contributed by atoms with Gasteiger partial charge in [-0.15, -0.1) is 24.8 Å². The molecule has 0 saturated carbocycles. The number of fused-ring (bicyclic) bond motifs is 1. The standard InChI is InChI=1S/C12H11F3N4O.2ClH/c1-17-11(16)19-10(20)9-5-6-7(12(13,14)15)3-2-4-8(6)18-9;;/h2-5,18H,1H3,(H3,16,17,19,20);2*1H. The first-order valence-electron chi connectivity index (χ1n) is 5.55. The van der Waals surface area contributed by atoms with Crippen LogP contribution in [0.3, 0.4) is 0 Å². The number of benzene rings is 1. The van der Waals surface area contributed by atoms with Gasteiger partial charge in [-0.1, -0.05) is 6.07 Å². The van der Waals surface area contributed by atoms with E-state index >= 15 is 0 Å². The lowest BCUT2D eigenvalue weighted by molar-refractivity contribution is -0.136. The fourth-order valence-corrected chi connectivity index (χ4v) is 1.76. The quantitative estimate of drug-likeness (QED) is 0.542. The number of aromatic nitrogens is 1. The second kappa shape index (κ2) is 7.37. The molecule has 0 aliphatic rings. The molecule has 2 aromatic rings. The first-order valence-corrected chi connectivity index (χ1v) is 5.55. The molecule has 4 N–H and O–H groups in total. The fourth-order valence-electron chi connectivity index (χ4n) is 1.76. The van der Waals surface area contributed by atoms with E-state index in [0.29, 0.717) is 0 Å². The van der Waals surface area contributed by atoms with Crippen LogP contribution in [0.4, 0.5) is 13.2 Å². The molecular formula is C12H13Cl2F3N4O. The molecule has 0 radical (unpaired) electrons. The minimum atomic E-state index is -4.49. The number of carbonyl (C=O) groups is 1. The molecule has 0 bridgehead atoms. The smallest absolute Gasteiger partial charge is 0.370 e. The Kier molecular flexibility index (Phi) is 6.72. The number of nitrogens with one attached hydrogen (secondary N) is 2. The molecule has 1 aromatic heterocycles. The van der Waals surface area contributed by atoms with Crippen LogP contribution in [0.1, 0.15) is 16.1 Å². The molecule has 0 atom stereocenters. The summed E-state index contributed by atoms with van der Waals surface area (Å²) in [6, 6.07) is 4.82. The molecule has 22 heavy (non-hydrogen) atoms. The van der Waals surface area contributed by atoms with Crippen molar-refractivity contribution in [3.63, 3.8) is 0 Å². The second-order valence-corrected chi connectivity index (χ2v) is 4.01. The molecule has 0 unspecified atom stereocenters. The number of hydrogen-bond donors (Lipinski definition) is 3. The highest BCUT2D eigenvalue weighted by Crippen LogP contribution is 2.34. The summed E-state index contributed by atoms with van der Waals surface area (Å²) < 4.78 is 38.5. The molecule has 2 rings (SSSR count). The van der Waals surface area contributed by atoms with Crippen LogP contribution in [0.15, 0.2) is 29.3 Å². The maximum Gasteiger partial charge on any atom is 0.417 e. The zero-order valence-corrected chi connectivity index (χ0v) is 12.8. The summed E-state index contributed by atoms with van der Waals surface area (Å²) in [6.07, 6.45) is -4.49. The Hall–Kier alpha value is -1.93. The SMILES string of the molecule is CN=C(N)NC(=O)c1cc2c(C(F)(F)F)cccc2[nH]1.Cl.Cl. The summed E-state index contributed by atoms with van der Waals surface area (Å²) in [5.41, 5.74) is 4.72. The van der Waals surface area contributed by atoms with Gasteiger partial charge in [0.25, 0.3) is 5.91 Å². The average Bonchev–Trinajstić information content (AvgIpc) is 2.80. The van der Waals surface area contributed by atoms with E-state index in [1.165, 1.54) is 19.2 Å². The monoisotopic (exact) mass is 356 g/mol. The lowest BCUT2D eigenvalue weighted by atomic mass is 10.1. The van der Waals surface area contributed by atoms with Crippen molar-refractivity contribution in [2.45, 2.75) is 6.18 Å². The van der Waals surface area contributed by atoms with Crippen LogP contribution >= 0.6 is 24.8 Å². The predicted molar refractivity (Wildman–Crippen MR) is 82.8 cm³/mol. The Bertz CT molecular complexity index is 697. The van der Waals surface area contributed by atoms with Crippen LogP contribution in [0.5, 0.6) is 0 Å². The van der Waals surface area contributed by atoms with Gasteiger partial charge in [0.15, 0.2) is 5.96 Å². The third kappa shape index (κ3) is 4.05. The van der Waals surface area contributed by atoms with Crippen molar-refractivity contribution in [1.82, 2.24) is 10.3 Å². The van der Waals surface area contributed by atoms with Crippen LogP contribution in [0.2, 0.25) is 0 Å². The van der Waals surface area contributed by atoms with Gasteiger partial charge in [-0.05, 0) is 18.2 Å². The maximum absolute atomic E-state index is 12.8. The highest BCUT2D eigenvalue weighted by atomic mass is 35.5. The van der Waals surface area contributed by atoms with Crippen molar-refractivity contribution in [1.29, 1.82) is 0 Å². The van der Waals surface area contributed by atoms with Crippen molar-refractivity contribution in [2.75, 3.05) is 7.05 Å². The number of carbonyl (C=O) groups excluding carboxylic acids is 1. The van der Waals surface area contributed by atoms with Gasteiger partial charge >= 0.3 is 6.18 Å². The highest BCUT2D eigenvalue weighted by molar-refractivity contribution is 6.06. The minimum Gasteiger partial charge on any atom is -0.370 e. The second-order valence-electron chi connectivity index (χ2n) is 4.01. The van der Waals surface area contributed by atoms with Crippen molar-refractivity contribution >= 4 is 47.6 Å². The van der Waals surface area contributed by atoms with Crippen LogP contribution in [-0.2, 0) is 6.18 Å². The average molecular weight is 357 g/mol. The number of halogens is 5. The molecule has 5 nitrogen and oxygen atoms in total. The molecule has 1 amide bonds.